The van der Waals surface area contributed by atoms with E-state index >= 15 is 0 Å². The topological polar surface area (TPSA) is 20.2 Å². The Labute approximate surface area is 138 Å². The number of hydrogen-bond donors (Lipinski definition) is 1. The van der Waals surface area contributed by atoms with Gasteiger partial charge in [-0.05, 0) is 24.6 Å². The third kappa shape index (κ3) is 3.66. The van der Waals surface area contributed by atoms with Crippen molar-refractivity contribution in [3.8, 4) is 0 Å². The molecule has 24 heavy (non-hydrogen) atoms. The smallest absolute Gasteiger partial charge is 0.385 e. The molecule has 1 aromatic carbocycles. The summed E-state index contributed by atoms with van der Waals surface area (Å²) in [4.78, 5) is 0. The van der Waals surface area contributed by atoms with Crippen LogP contribution in [-0.2, 0) is 5.60 Å². The molecule has 0 spiro atoms. The molecule has 1 unspecified atom stereocenters. The van der Waals surface area contributed by atoms with Crippen LogP contribution in [0.5, 0.6) is 0 Å². The number of alkyl halides is 9. The fraction of sp³-hybridized carbons (Fsp3) is 0.538. The Kier molecular flexibility index (Phi) is 5.34. The van der Waals surface area contributed by atoms with Gasteiger partial charge in [0.25, 0.3) is 0 Å². The third-order valence-corrected chi connectivity index (χ3v) is 3.72. The minimum Gasteiger partial charge on any atom is -0.385 e. The summed E-state index contributed by atoms with van der Waals surface area (Å²) in [6, 6.07) is 4.69. The molecular weight excluding hydrogens is 423 g/mol. The molecule has 0 aliphatic rings. The van der Waals surface area contributed by atoms with Crippen LogP contribution in [0.15, 0.2) is 28.7 Å². The van der Waals surface area contributed by atoms with Gasteiger partial charge in [0, 0.05) is 4.47 Å². The first-order valence-corrected chi connectivity index (χ1v) is 6.93. The summed E-state index contributed by atoms with van der Waals surface area (Å²) in [5, 5.41) is 9.92. The van der Waals surface area contributed by atoms with E-state index < -0.39 is 36.0 Å². The third-order valence-electron chi connectivity index (χ3n) is 3.22. The Morgan fingerprint density at radius 1 is 0.917 bits per heavy atom. The highest BCUT2D eigenvalue weighted by atomic mass is 79.9. The quantitative estimate of drug-likeness (QED) is 0.607. The molecule has 0 aromatic heterocycles. The molecule has 1 N–H and O–H groups in total. The second-order valence-electron chi connectivity index (χ2n) is 5.31. The van der Waals surface area contributed by atoms with Gasteiger partial charge in [0.05, 0.1) is 12.0 Å². The monoisotopic (exact) mass is 432 g/mol. The zero-order valence-electron chi connectivity index (χ0n) is 11.7. The molecule has 11 heteroatoms. The van der Waals surface area contributed by atoms with E-state index in [0.717, 1.165) is 12.1 Å². The van der Waals surface area contributed by atoms with E-state index in [-0.39, 0.29) is 10.0 Å². The van der Waals surface area contributed by atoms with Crippen molar-refractivity contribution in [1.82, 2.24) is 0 Å². The molecular formula is C13H10BrF9O. The molecule has 1 nitrogen and oxygen atoms in total. The molecule has 1 rings (SSSR count). The van der Waals surface area contributed by atoms with Gasteiger partial charge in [-0.2, -0.15) is 39.5 Å². The van der Waals surface area contributed by atoms with Gasteiger partial charge in [-0.15, -0.1) is 0 Å². The zero-order valence-corrected chi connectivity index (χ0v) is 13.3. The predicted octanol–water partition coefficient (Wildman–Crippen LogP) is 5.51. The fourth-order valence-electron chi connectivity index (χ4n) is 1.88. The van der Waals surface area contributed by atoms with E-state index in [1.165, 1.54) is 12.1 Å². The predicted molar refractivity (Wildman–Crippen MR) is 69.2 cm³/mol. The molecule has 0 bridgehead atoms. The first kappa shape index (κ1) is 21.1. The van der Waals surface area contributed by atoms with E-state index in [4.69, 9.17) is 0 Å². The lowest BCUT2D eigenvalue weighted by Crippen LogP contribution is -2.62. The van der Waals surface area contributed by atoms with Gasteiger partial charge in [0.2, 0.25) is 0 Å². The molecule has 0 aliphatic heterocycles. The number of benzene rings is 1. The molecule has 138 valence electrons. The number of aliphatic hydroxyl groups is 1. The molecule has 0 amide bonds. The maximum Gasteiger partial charge on any atom is 0.460 e. The highest BCUT2D eigenvalue weighted by Gasteiger charge is 2.81. The summed E-state index contributed by atoms with van der Waals surface area (Å²) < 4.78 is 116. The number of rotatable bonds is 5. The van der Waals surface area contributed by atoms with Gasteiger partial charge in [0.1, 0.15) is 0 Å². The van der Waals surface area contributed by atoms with Crippen LogP contribution in [0.1, 0.15) is 18.9 Å². The second kappa shape index (κ2) is 6.08. The van der Waals surface area contributed by atoms with Gasteiger partial charge in [-0.25, -0.2) is 0 Å². The number of halogens is 10. The summed E-state index contributed by atoms with van der Waals surface area (Å²) in [5.74, 6) is -19.6. The van der Waals surface area contributed by atoms with Crippen LogP contribution in [0.3, 0.4) is 0 Å². The van der Waals surface area contributed by atoms with Gasteiger partial charge >= 0.3 is 23.9 Å². The van der Waals surface area contributed by atoms with Crippen LogP contribution >= 0.6 is 15.9 Å². The molecule has 0 heterocycles. The molecule has 1 atom stereocenters. The van der Waals surface area contributed by atoms with Crippen molar-refractivity contribution in [2.24, 2.45) is 0 Å². The van der Waals surface area contributed by atoms with Crippen molar-refractivity contribution in [2.45, 2.75) is 42.9 Å². The van der Waals surface area contributed by atoms with Crippen molar-refractivity contribution in [1.29, 1.82) is 0 Å². The van der Waals surface area contributed by atoms with Crippen molar-refractivity contribution in [2.75, 3.05) is 0 Å². The number of hydrogen-bond acceptors (Lipinski definition) is 1. The van der Waals surface area contributed by atoms with E-state index in [2.05, 4.69) is 15.9 Å². The summed E-state index contributed by atoms with van der Waals surface area (Å²) in [5.41, 5.74) is -3.17. The van der Waals surface area contributed by atoms with Crippen LogP contribution in [0, 0.1) is 0 Å². The van der Waals surface area contributed by atoms with E-state index in [1.807, 2.05) is 0 Å². The van der Waals surface area contributed by atoms with E-state index in [0.29, 0.717) is 6.92 Å². The maximum atomic E-state index is 13.6. The Hall–Kier alpha value is -0.970. The second-order valence-corrected chi connectivity index (χ2v) is 6.23. The van der Waals surface area contributed by atoms with E-state index in [1.54, 1.807) is 0 Å². The Balaban J connectivity index is 3.24. The van der Waals surface area contributed by atoms with E-state index in [9.17, 15) is 44.6 Å². The highest BCUT2D eigenvalue weighted by Crippen LogP contribution is 2.55. The van der Waals surface area contributed by atoms with Crippen molar-refractivity contribution >= 4 is 15.9 Å². The lowest BCUT2D eigenvalue weighted by Gasteiger charge is -2.37. The van der Waals surface area contributed by atoms with Gasteiger partial charge < -0.3 is 5.11 Å². The van der Waals surface area contributed by atoms with Crippen LogP contribution in [-0.4, -0.2) is 29.1 Å². The Morgan fingerprint density at radius 3 is 1.83 bits per heavy atom. The maximum absolute atomic E-state index is 13.6. The van der Waals surface area contributed by atoms with Crippen molar-refractivity contribution < 1.29 is 44.6 Å². The molecule has 0 aliphatic carbocycles. The average molecular weight is 433 g/mol. The first-order chi connectivity index (χ1) is 10.5. The molecule has 1 aromatic rings. The lowest BCUT2D eigenvalue weighted by atomic mass is 9.86. The standard InChI is InChI=1S/C13H10BrF9O/c1-9(24,7-3-2-4-8(14)5-7)6-10(15,16)11(17,18)12(19,20)13(21,22)23/h2-5,24H,6H2,1H3. The minimum atomic E-state index is -6.98. The summed E-state index contributed by atoms with van der Waals surface area (Å²) in [6.07, 6.45) is -9.24. The normalized spacial score (nSPS) is 16.8. The van der Waals surface area contributed by atoms with Crippen molar-refractivity contribution in [3.63, 3.8) is 0 Å². The first-order valence-electron chi connectivity index (χ1n) is 6.14. The highest BCUT2D eigenvalue weighted by molar-refractivity contribution is 9.10. The Morgan fingerprint density at radius 2 is 1.42 bits per heavy atom. The average Bonchev–Trinajstić information content (AvgIpc) is 2.35. The zero-order chi connectivity index (χ0) is 19.2. The van der Waals surface area contributed by atoms with Gasteiger partial charge in [-0.3, -0.25) is 0 Å². The van der Waals surface area contributed by atoms with Crippen LogP contribution in [0.25, 0.3) is 0 Å². The van der Waals surface area contributed by atoms with Gasteiger partial charge in [0.15, 0.2) is 0 Å². The molecule has 0 radical (unpaired) electrons. The van der Waals surface area contributed by atoms with Crippen LogP contribution in [0.2, 0.25) is 0 Å². The Bertz CT molecular complexity index is 595. The minimum absolute atomic E-state index is 0.246. The fourth-order valence-corrected chi connectivity index (χ4v) is 2.28. The van der Waals surface area contributed by atoms with Gasteiger partial charge in [-0.1, -0.05) is 28.1 Å². The molecule has 0 fully saturated rings. The van der Waals surface area contributed by atoms with Crippen molar-refractivity contribution in [3.05, 3.63) is 34.3 Å². The molecule has 0 saturated carbocycles. The van der Waals surface area contributed by atoms with Crippen LogP contribution in [0.4, 0.5) is 39.5 Å². The lowest BCUT2D eigenvalue weighted by molar-refractivity contribution is -0.400. The summed E-state index contributed by atoms with van der Waals surface area (Å²) in [6.45, 7) is 0.602. The molecule has 0 saturated heterocycles. The largest absolute Gasteiger partial charge is 0.460 e. The SMILES string of the molecule is CC(O)(CC(F)(F)C(F)(F)C(F)(F)C(F)(F)F)c1cccc(Br)c1. The van der Waals surface area contributed by atoms with Crippen LogP contribution < -0.4 is 0 Å². The summed E-state index contributed by atoms with van der Waals surface area (Å²) >= 11 is 2.92. The summed E-state index contributed by atoms with van der Waals surface area (Å²) in [7, 11) is 0.